The molecule has 2 atom stereocenters. The summed E-state index contributed by atoms with van der Waals surface area (Å²) < 4.78 is 0. The van der Waals surface area contributed by atoms with Crippen LogP contribution in [0.3, 0.4) is 0 Å². The van der Waals surface area contributed by atoms with Gasteiger partial charge in [-0.1, -0.05) is 51.0 Å². The molecular weight excluding hydrogens is 208 g/mol. The molecule has 0 saturated heterocycles. The highest BCUT2D eigenvalue weighted by Gasteiger charge is 2.29. The molecule has 0 heterocycles. The lowest BCUT2D eigenvalue weighted by atomic mass is 9.87. The number of aliphatic hydroxyl groups excluding tert-OH is 1. The Morgan fingerprint density at radius 1 is 1.24 bits per heavy atom. The number of hydrogen-bond donors (Lipinski definition) is 1. The van der Waals surface area contributed by atoms with E-state index in [1.807, 2.05) is 0 Å². The first-order valence-corrected chi connectivity index (χ1v) is 7.02. The van der Waals surface area contributed by atoms with Gasteiger partial charge in [0.25, 0.3) is 0 Å². The van der Waals surface area contributed by atoms with E-state index in [9.17, 15) is 5.11 Å². The Labute approximate surface area is 105 Å². The minimum absolute atomic E-state index is 0.149. The topological polar surface area (TPSA) is 20.2 Å². The monoisotopic (exact) mass is 232 g/mol. The highest BCUT2D eigenvalue weighted by atomic mass is 16.3. The van der Waals surface area contributed by atoms with Crippen LogP contribution >= 0.6 is 0 Å². The maximum atomic E-state index is 10.4. The Kier molecular flexibility index (Phi) is 4.22. The molecule has 1 aliphatic rings. The molecule has 0 bridgehead atoms. The Morgan fingerprint density at radius 3 is 2.65 bits per heavy atom. The number of hydrogen-bond acceptors (Lipinski definition) is 1. The van der Waals surface area contributed by atoms with Gasteiger partial charge < -0.3 is 5.11 Å². The predicted molar refractivity (Wildman–Crippen MR) is 72.2 cm³/mol. The smallest absolute Gasteiger partial charge is 0.0611 e. The van der Waals surface area contributed by atoms with E-state index in [1.165, 1.54) is 24.0 Å². The van der Waals surface area contributed by atoms with E-state index >= 15 is 0 Å². The number of aryl methyl sites for hydroxylation is 1. The number of fused-ring (bicyclic) bond motifs is 1. The lowest BCUT2D eigenvalue weighted by Crippen LogP contribution is -2.20. The van der Waals surface area contributed by atoms with E-state index < -0.39 is 0 Å². The lowest BCUT2D eigenvalue weighted by Gasteiger charge is -2.23. The van der Waals surface area contributed by atoms with E-state index in [1.54, 1.807) is 0 Å². The summed E-state index contributed by atoms with van der Waals surface area (Å²) in [4.78, 5) is 0. The zero-order chi connectivity index (χ0) is 12.3. The van der Waals surface area contributed by atoms with Crippen molar-refractivity contribution in [1.82, 2.24) is 0 Å². The van der Waals surface area contributed by atoms with Crippen molar-refractivity contribution in [1.29, 1.82) is 0 Å². The van der Waals surface area contributed by atoms with Crippen LogP contribution in [0.5, 0.6) is 0 Å². The predicted octanol–water partition coefficient (Wildman–Crippen LogP) is 3.90. The first kappa shape index (κ1) is 12.6. The lowest BCUT2D eigenvalue weighted by molar-refractivity contribution is 0.111. The van der Waals surface area contributed by atoms with Crippen LogP contribution in [0, 0.1) is 5.92 Å². The van der Waals surface area contributed by atoms with Gasteiger partial charge in [0.1, 0.15) is 0 Å². The first-order valence-electron chi connectivity index (χ1n) is 7.02. The maximum absolute atomic E-state index is 10.4. The fourth-order valence-electron chi connectivity index (χ4n) is 3.12. The fourth-order valence-corrected chi connectivity index (χ4v) is 3.12. The fraction of sp³-hybridized carbons (Fsp3) is 0.625. The van der Waals surface area contributed by atoms with Crippen LogP contribution < -0.4 is 0 Å². The Bertz CT molecular complexity index is 354. The molecule has 1 aliphatic carbocycles. The van der Waals surface area contributed by atoms with Crippen LogP contribution in [0.1, 0.15) is 56.6 Å². The summed E-state index contributed by atoms with van der Waals surface area (Å²) in [5.41, 5.74) is 2.84. The molecular formula is C16H24O. The molecule has 2 rings (SSSR count). The molecule has 0 spiro atoms. The molecule has 1 nitrogen and oxygen atoms in total. The summed E-state index contributed by atoms with van der Waals surface area (Å²) in [7, 11) is 0. The Hall–Kier alpha value is -0.820. The van der Waals surface area contributed by atoms with Crippen molar-refractivity contribution in [2.24, 2.45) is 5.92 Å². The largest absolute Gasteiger partial charge is 0.392 e. The normalized spacial score (nSPS) is 20.6. The second kappa shape index (κ2) is 5.68. The van der Waals surface area contributed by atoms with Crippen molar-refractivity contribution in [3.63, 3.8) is 0 Å². The summed E-state index contributed by atoms with van der Waals surface area (Å²) in [6.07, 6.45) is 5.45. The van der Waals surface area contributed by atoms with Crippen LogP contribution in [0.4, 0.5) is 0 Å². The minimum Gasteiger partial charge on any atom is -0.392 e. The number of aliphatic hydroxyl groups is 1. The van der Waals surface area contributed by atoms with Gasteiger partial charge in [-0.25, -0.2) is 0 Å². The van der Waals surface area contributed by atoms with Gasteiger partial charge in [-0.2, -0.15) is 0 Å². The van der Waals surface area contributed by atoms with Crippen molar-refractivity contribution in [3.05, 3.63) is 35.4 Å². The van der Waals surface area contributed by atoms with Crippen molar-refractivity contribution in [2.45, 2.75) is 58.0 Å². The van der Waals surface area contributed by atoms with Crippen molar-refractivity contribution in [2.75, 3.05) is 0 Å². The summed E-state index contributed by atoms with van der Waals surface area (Å²) in [5, 5.41) is 10.4. The summed E-state index contributed by atoms with van der Waals surface area (Å²) in [5.74, 6) is 1.06. The second-order valence-corrected chi connectivity index (χ2v) is 5.33. The summed E-state index contributed by atoms with van der Waals surface area (Å²) in [6, 6.07) is 8.61. The van der Waals surface area contributed by atoms with Gasteiger partial charge in [0.05, 0.1) is 6.10 Å². The minimum atomic E-state index is -0.149. The van der Waals surface area contributed by atoms with Gasteiger partial charge in [0, 0.05) is 5.92 Å². The van der Waals surface area contributed by atoms with Crippen molar-refractivity contribution < 1.29 is 5.11 Å². The number of rotatable bonds is 5. The van der Waals surface area contributed by atoms with E-state index in [0.717, 1.165) is 19.3 Å². The molecule has 0 aliphatic heterocycles. The van der Waals surface area contributed by atoms with E-state index in [-0.39, 0.29) is 6.10 Å². The van der Waals surface area contributed by atoms with Crippen molar-refractivity contribution >= 4 is 0 Å². The third kappa shape index (κ3) is 2.71. The molecule has 2 unspecified atom stereocenters. The molecule has 1 aromatic rings. The SMILES string of the molecule is CCC(CC)CC(O)C1CCc2ccccc21. The van der Waals surface area contributed by atoms with Gasteiger partial charge in [0.2, 0.25) is 0 Å². The van der Waals surface area contributed by atoms with E-state index in [4.69, 9.17) is 0 Å². The van der Waals surface area contributed by atoms with Gasteiger partial charge in [-0.15, -0.1) is 0 Å². The average molecular weight is 232 g/mol. The maximum Gasteiger partial charge on any atom is 0.0611 e. The van der Waals surface area contributed by atoms with Gasteiger partial charge >= 0.3 is 0 Å². The van der Waals surface area contributed by atoms with Crippen molar-refractivity contribution in [3.8, 4) is 0 Å². The molecule has 0 aromatic heterocycles. The standard InChI is InChI=1S/C16H24O/c1-3-12(4-2)11-16(17)15-10-9-13-7-5-6-8-14(13)15/h5-8,12,15-17H,3-4,9-11H2,1-2H3. The molecule has 94 valence electrons. The quantitative estimate of drug-likeness (QED) is 0.816. The molecule has 0 fully saturated rings. The van der Waals surface area contributed by atoms with Gasteiger partial charge in [-0.3, -0.25) is 0 Å². The molecule has 1 N–H and O–H groups in total. The molecule has 0 radical (unpaired) electrons. The van der Waals surface area contributed by atoms with Crippen LogP contribution in [0.25, 0.3) is 0 Å². The Morgan fingerprint density at radius 2 is 1.94 bits per heavy atom. The first-order chi connectivity index (χ1) is 8.26. The summed E-state index contributed by atoms with van der Waals surface area (Å²) >= 11 is 0. The van der Waals surface area contributed by atoms with Gasteiger partial charge in [0.15, 0.2) is 0 Å². The third-order valence-corrected chi connectivity index (χ3v) is 4.37. The molecule has 1 aromatic carbocycles. The zero-order valence-electron chi connectivity index (χ0n) is 11.0. The molecule has 17 heavy (non-hydrogen) atoms. The second-order valence-electron chi connectivity index (χ2n) is 5.33. The zero-order valence-corrected chi connectivity index (χ0v) is 11.0. The highest BCUT2D eigenvalue weighted by molar-refractivity contribution is 5.35. The van der Waals surface area contributed by atoms with Crippen LogP contribution in [-0.4, -0.2) is 11.2 Å². The molecule has 0 saturated carbocycles. The van der Waals surface area contributed by atoms with Crippen LogP contribution in [0.2, 0.25) is 0 Å². The number of benzene rings is 1. The third-order valence-electron chi connectivity index (χ3n) is 4.37. The highest BCUT2D eigenvalue weighted by Crippen LogP contribution is 2.37. The Balaban J connectivity index is 2.04. The average Bonchev–Trinajstić information content (AvgIpc) is 2.79. The van der Waals surface area contributed by atoms with Crippen LogP contribution in [0.15, 0.2) is 24.3 Å². The summed E-state index contributed by atoms with van der Waals surface area (Å²) in [6.45, 7) is 4.45. The van der Waals surface area contributed by atoms with E-state index in [0.29, 0.717) is 11.8 Å². The van der Waals surface area contributed by atoms with Crippen LogP contribution in [-0.2, 0) is 6.42 Å². The van der Waals surface area contributed by atoms with E-state index in [2.05, 4.69) is 38.1 Å². The molecule has 0 amide bonds. The van der Waals surface area contributed by atoms with Gasteiger partial charge in [-0.05, 0) is 36.3 Å². The molecule has 1 heteroatoms.